The number of carbonyl (C=O) groups is 2. The molecule has 2 N–H and O–H groups in total. The SMILES string of the molecule is CCOC(=O)c1c(NC(=O)CSc2n[nH]c(-c3ccccc3)n2)sc2c1CCC2. The number of nitrogens with zero attached hydrogens (tertiary/aromatic N) is 2. The Labute approximate surface area is 176 Å². The first-order chi connectivity index (χ1) is 14.2. The molecule has 1 aromatic carbocycles. The van der Waals surface area contributed by atoms with E-state index in [2.05, 4.69) is 20.5 Å². The fourth-order valence-corrected chi connectivity index (χ4v) is 5.13. The van der Waals surface area contributed by atoms with Crippen LogP contribution >= 0.6 is 23.1 Å². The Hall–Kier alpha value is -2.65. The average molecular weight is 429 g/mol. The average Bonchev–Trinajstić information content (AvgIpc) is 3.43. The van der Waals surface area contributed by atoms with Crippen LogP contribution in [0.1, 0.15) is 34.1 Å². The summed E-state index contributed by atoms with van der Waals surface area (Å²) in [7, 11) is 0. The predicted octanol–water partition coefficient (Wildman–Crippen LogP) is 3.93. The van der Waals surface area contributed by atoms with Crippen LogP contribution in [-0.4, -0.2) is 39.4 Å². The van der Waals surface area contributed by atoms with E-state index in [1.165, 1.54) is 23.1 Å². The minimum Gasteiger partial charge on any atom is -0.462 e. The van der Waals surface area contributed by atoms with Gasteiger partial charge in [0.1, 0.15) is 5.00 Å². The van der Waals surface area contributed by atoms with E-state index < -0.39 is 0 Å². The van der Waals surface area contributed by atoms with Crippen molar-refractivity contribution in [3.05, 3.63) is 46.3 Å². The molecule has 0 radical (unpaired) electrons. The maximum atomic E-state index is 12.5. The van der Waals surface area contributed by atoms with Crippen LogP contribution < -0.4 is 5.32 Å². The van der Waals surface area contributed by atoms with Crippen LogP contribution in [0.5, 0.6) is 0 Å². The summed E-state index contributed by atoms with van der Waals surface area (Å²) in [5.74, 6) is 0.243. The van der Waals surface area contributed by atoms with Gasteiger partial charge in [0.15, 0.2) is 5.82 Å². The smallest absolute Gasteiger partial charge is 0.341 e. The van der Waals surface area contributed by atoms with Crippen molar-refractivity contribution < 1.29 is 14.3 Å². The predicted molar refractivity (Wildman–Crippen MR) is 113 cm³/mol. The Kier molecular flexibility index (Phi) is 5.96. The molecule has 9 heteroatoms. The largest absolute Gasteiger partial charge is 0.462 e. The standard InChI is InChI=1S/C20H20N4O3S2/c1-2-27-19(26)16-13-9-6-10-14(13)29-18(16)21-15(25)11-28-20-22-17(23-24-20)12-7-4-3-5-8-12/h3-5,7-8H,2,6,9-11H2,1H3,(H,21,25)(H,22,23,24). The lowest BCUT2D eigenvalue weighted by Crippen LogP contribution is -2.16. The molecule has 1 amide bonds. The van der Waals surface area contributed by atoms with Gasteiger partial charge in [-0.1, -0.05) is 42.1 Å². The number of esters is 1. The van der Waals surface area contributed by atoms with Crippen LogP contribution in [0.2, 0.25) is 0 Å². The normalized spacial score (nSPS) is 12.6. The maximum absolute atomic E-state index is 12.5. The lowest BCUT2D eigenvalue weighted by atomic mass is 10.1. The van der Waals surface area contributed by atoms with Crippen molar-refractivity contribution in [2.75, 3.05) is 17.7 Å². The Morgan fingerprint density at radius 2 is 2.10 bits per heavy atom. The zero-order valence-electron chi connectivity index (χ0n) is 15.9. The zero-order valence-corrected chi connectivity index (χ0v) is 17.5. The molecule has 150 valence electrons. The maximum Gasteiger partial charge on any atom is 0.341 e. The summed E-state index contributed by atoms with van der Waals surface area (Å²) in [6.07, 6.45) is 2.83. The van der Waals surface area contributed by atoms with Gasteiger partial charge in [-0.15, -0.1) is 16.4 Å². The van der Waals surface area contributed by atoms with Gasteiger partial charge in [0, 0.05) is 10.4 Å². The third-order valence-electron chi connectivity index (χ3n) is 4.50. The van der Waals surface area contributed by atoms with Crippen molar-refractivity contribution in [1.82, 2.24) is 15.2 Å². The van der Waals surface area contributed by atoms with Gasteiger partial charge in [0.25, 0.3) is 0 Å². The van der Waals surface area contributed by atoms with Crippen molar-refractivity contribution >= 4 is 40.0 Å². The lowest BCUT2D eigenvalue weighted by molar-refractivity contribution is -0.113. The number of hydrogen-bond acceptors (Lipinski definition) is 7. The highest BCUT2D eigenvalue weighted by Gasteiger charge is 2.28. The van der Waals surface area contributed by atoms with Crippen LogP contribution in [-0.2, 0) is 22.4 Å². The number of aryl methyl sites for hydroxylation is 1. The number of aromatic nitrogens is 3. The summed E-state index contributed by atoms with van der Waals surface area (Å²) in [6.45, 7) is 2.08. The highest BCUT2D eigenvalue weighted by Crippen LogP contribution is 2.39. The number of thioether (sulfide) groups is 1. The topological polar surface area (TPSA) is 97.0 Å². The summed E-state index contributed by atoms with van der Waals surface area (Å²) < 4.78 is 5.19. The molecule has 29 heavy (non-hydrogen) atoms. The lowest BCUT2D eigenvalue weighted by Gasteiger charge is -2.07. The van der Waals surface area contributed by atoms with Crippen LogP contribution in [0.25, 0.3) is 11.4 Å². The molecule has 1 aliphatic rings. The second-order valence-corrected chi connectivity index (χ2v) is 8.50. The van der Waals surface area contributed by atoms with E-state index in [-0.39, 0.29) is 17.6 Å². The first-order valence-electron chi connectivity index (χ1n) is 9.37. The first-order valence-corrected chi connectivity index (χ1v) is 11.2. The molecular weight excluding hydrogens is 408 g/mol. The van der Waals surface area contributed by atoms with E-state index in [4.69, 9.17) is 4.74 Å². The van der Waals surface area contributed by atoms with E-state index in [9.17, 15) is 9.59 Å². The van der Waals surface area contributed by atoms with Gasteiger partial charge in [-0.05, 0) is 31.7 Å². The Morgan fingerprint density at radius 1 is 1.28 bits per heavy atom. The molecule has 2 heterocycles. The number of rotatable bonds is 7. The molecule has 0 aliphatic heterocycles. The quantitative estimate of drug-likeness (QED) is 0.437. The molecule has 0 spiro atoms. The number of nitrogens with one attached hydrogen (secondary N) is 2. The van der Waals surface area contributed by atoms with E-state index in [0.29, 0.717) is 28.2 Å². The van der Waals surface area contributed by atoms with Crippen LogP contribution in [0.15, 0.2) is 35.5 Å². The number of amides is 1. The third-order valence-corrected chi connectivity index (χ3v) is 6.55. The van der Waals surface area contributed by atoms with Crippen molar-refractivity contribution in [3.8, 4) is 11.4 Å². The van der Waals surface area contributed by atoms with Crippen molar-refractivity contribution in [1.29, 1.82) is 0 Å². The number of ether oxygens (including phenoxy) is 1. The molecule has 0 unspecified atom stereocenters. The summed E-state index contributed by atoms with van der Waals surface area (Å²) in [6, 6.07) is 9.67. The van der Waals surface area contributed by atoms with Crippen molar-refractivity contribution in [2.24, 2.45) is 0 Å². The summed E-state index contributed by atoms with van der Waals surface area (Å²) >= 11 is 2.72. The minimum atomic E-state index is -0.365. The Balaban J connectivity index is 1.41. The van der Waals surface area contributed by atoms with E-state index in [1.807, 2.05) is 30.3 Å². The number of H-pyrrole nitrogens is 1. The van der Waals surface area contributed by atoms with Crippen LogP contribution in [0, 0.1) is 0 Å². The summed E-state index contributed by atoms with van der Waals surface area (Å²) in [4.78, 5) is 30.4. The van der Waals surface area contributed by atoms with Gasteiger partial charge in [-0.3, -0.25) is 9.89 Å². The van der Waals surface area contributed by atoms with E-state index in [1.54, 1.807) is 6.92 Å². The molecule has 0 bridgehead atoms. The van der Waals surface area contributed by atoms with Gasteiger partial charge < -0.3 is 10.1 Å². The van der Waals surface area contributed by atoms with Crippen LogP contribution in [0.4, 0.5) is 5.00 Å². The monoisotopic (exact) mass is 428 g/mol. The molecule has 2 aromatic heterocycles. The number of anilines is 1. The number of benzene rings is 1. The van der Waals surface area contributed by atoms with Crippen LogP contribution in [0.3, 0.4) is 0 Å². The second kappa shape index (κ2) is 8.79. The van der Waals surface area contributed by atoms with E-state index >= 15 is 0 Å². The Morgan fingerprint density at radius 3 is 2.90 bits per heavy atom. The van der Waals surface area contributed by atoms with Gasteiger partial charge in [-0.2, -0.15) is 0 Å². The van der Waals surface area contributed by atoms with Crippen molar-refractivity contribution in [2.45, 2.75) is 31.3 Å². The molecule has 1 aliphatic carbocycles. The number of aromatic amines is 1. The molecule has 0 fully saturated rings. The fourth-order valence-electron chi connectivity index (χ4n) is 3.24. The van der Waals surface area contributed by atoms with Gasteiger partial charge in [0.05, 0.1) is 17.9 Å². The minimum absolute atomic E-state index is 0.150. The van der Waals surface area contributed by atoms with Gasteiger partial charge in [0.2, 0.25) is 11.1 Å². The molecule has 0 atom stereocenters. The first kappa shape index (κ1) is 19.7. The van der Waals surface area contributed by atoms with E-state index in [0.717, 1.165) is 35.3 Å². The summed E-state index contributed by atoms with van der Waals surface area (Å²) in [5.41, 5.74) is 2.48. The third kappa shape index (κ3) is 4.35. The zero-order chi connectivity index (χ0) is 20.2. The second-order valence-electron chi connectivity index (χ2n) is 6.45. The number of carbonyl (C=O) groups excluding carboxylic acids is 2. The molecule has 0 saturated carbocycles. The highest BCUT2D eigenvalue weighted by atomic mass is 32.2. The Bertz CT molecular complexity index is 1030. The molecular formula is C20H20N4O3S2. The number of thiophene rings is 1. The van der Waals surface area contributed by atoms with Gasteiger partial charge in [-0.25, -0.2) is 9.78 Å². The van der Waals surface area contributed by atoms with Crippen molar-refractivity contribution in [3.63, 3.8) is 0 Å². The molecule has 4 rings (SSSR count). The highest BCUT2D eigenvalue weighted by molar-refractivity contribution is 7.99. The number of hydrogen-bond donors (Lipinski definition) is 2. The van der Waals surface area contributed by atoms with Gasteiger partial charge >= 0.3 is 5.97 Å². The molecule has 3 aromatic rings. The summed E-state index contributed by atoms with van der Waals surface area (Å²) in [5, 5.41) is 11.0. The molecule has 0 saturated heterocycles. The number of fused-ring (bicyclic) bond motifs is 1. The molecule has 7 nitrogen and oxygen atoms in total. The fraction of sp³-hybridized carbons (Fsp3) is 0.300.